The van der Waals surface area contributed by atoms with Gasteiger partial charge in [-0.3, -0.25) is 0 Å². The van der Waals surface area contributed by atoms with Gasteiger partial charge in [0.05, 0.1) is 4.90 Å². The minimum Gasteiger partial charge on any atom is -0.508 e. The van der Waals surface area contributed by atoms with Gasteiger partial charge >= 0.3 is 0 Å². The molecule has 5 nitrogen and oxygen atoms in total. The Hall–Kier alpha value is -2.47. The standard InChI is InChI=1S/C15H12O5S/c16-11-2-1-3-13(6-11)20-8-10-9-21(18,19)15-7-12(17)4-5-14(10)15/h1-7,9,16-17H,8H2. The molecule has 0 atom stereocenters. The average Bonchev–Trinajstić information content (AvgIpc) is 2.68. The van der Waals surface area contributed by atoms with E-state index in [2.05, 4.69) is 0 Å². The zero-order valence-corrected chi connectivity index (χ0v) is 11.7. The summed E-state index contributed by atoms with van der Waals surface area (Å²) in [6, 6.07) is 10.5. The Balaban J connectivity index is 1.88. The van der Waals surface area contributed by atoms with Crippen molar-refractivity contribution in [1.29, 1.82) is 0 Å². The number of aromatic hydroxyl groups is 2. The highest BCUT2D eigenvalue weighted by Crippen LogP contribution is 2.35. The number of hydrogen-bond donors (Lipinski definition) is 2. The summed E-state index contributed by atoms with van der Waals surface area (Å²) >= 11 is 0. The van der Waals surface area contributed by atoms with E-state index in [1.165, 1.54) is 24.3 Å². The van der Waals surface area contributed by atoms with Gasteiger partial charge in [0.15, 0.2) is 0 Å². The van der Waals surface area contributed by atoms with E-state index in [0.717, 1.165) is 5.41 Å². The molecule has 2 aromatic carbocycles. The lowest BCUT2D eigenvalue weighted by atomic mass is 10.1. The topological polar surface area (TPSA) is 83.8 Å². The Bertz CT molecular complexity index is 837. The van der Waals surface area contributed by atoms with Gasteiger partial charge in [0.2, 0.25) is 9.84 Å². The molecule has 0 aromatic heterocycles. The molecule has 2 aromatic rings. The molecule has 0 saturated heterocycles. The van der Waals surface area contributed by atoms with Crippen LogP contribution in [0.2, 0.25) is 0 Å². The Morgan fingerprint density at radius 1 is 1.00 bits per heavy atom. The highest BCUT2D eigenvalue weighted by molar-refractivity contribution is 7.95. The third kappa shape index (κ3) is 2.57. The summed E-state index contributed by atoms with van der Waals surface area (Å²) in [6.07, 6.45) is 0. The summed E-state index contributed by atoms with van der Waals surface area (Å²) in [5.41, 5.74) is 1.03. The first kappa shape index (κ1) is 13.5. The van der Waals surface area contributed by atoms with Crippen LogP contribution in [0.25, 0.3) is 5.57 Å². The Labute approximate surface area is 121 Å². The number of ether oxygens (including phenoxy) is 1. The van der Waals surface area contributed by atoms with E-state index in [1.807, 2.05) is 0 Å². The number of phenolic OH excluding ortho intramolecular Hbond substituents is 2. The molecule has 0 unspecified atom stereocenters. The van der Waals surface area contributed by atoms with Crippen molar-refractivity contribution in [2.24, 2.45) is 0 Å². The van der Waals surface area contributed by atoms with Gasteiger partial charge in [-0.25, -0.2) is 8.42 Å². The normalized spacial score (nSPS) is 15.3. The molecule has 6 heteroatoms. The van der Waals surface area contributed by atoms with Crippen molar-refractivity contribution in [2.45, 2.75) is 4.90 Å². The summed E-state index contributed by atoms with van der Waals surface area (Å²) in [4.78, 5) is 0.0806. The van der Waals surface area contributed by atoms with E-state index in [9.17, 15) is 18.6 Å². The third-order valence-corrected chi connectivity index (χ3v) is 4.67. The lowest BCUT2D eigenvalue weighted by molar-refractivity contribution is 0.366. The number of sulfone groups is 1. The number of rotatable bonds is 3. The molecule has 2 N–H and O–H groups in total. The highest BCUT2D eigenvalue weighted by atomic mass is 32.2. The van der Waals surface area contributed by atoms with Crippen molar-refractivity contribution >= 4 is 15.4 Å². The lowest BCUT2D eigenvalue weighted by Crippen LogP contribution is -1.99. The van der Waals surface area contributed by atoms with Crippen LogP contribution in [0.4, 0.5) is 0 Å². The number of fused-ring (bicyclic) bond motifs is 1. The minimum atomic E-state index is -3.54. The van der Waals surface area contributed by atoms with Crippen molar-refractivity contribution in [1.82, 2.24) is 0 Å². The molecule has 0 amide bonds. The van der Waals surface area contributed by atoms with Gasteiger partial charge < -0.3 is 14.9 Å². The molecule has 108 valence electrons. The number of phenols is 2. The Kier molecular flexibility index (Phi) is 3.10. The first-order valence-electron chi connectivity index (χ1n) is 6.16. The molecule has 0 fully saturated rings. The van der Waals surface area contributed by atoms with Crippen LogP contribution in [-0.2, 0) is 9.84 Å². The van der Waals surface area contributed by atoms with Crippen molar-refractivity contribution in [3.8, 4) is 17.2 Å². The summed E-state index contributed by atoms with van der Waals surface area (Å²) in [7, 11) is -3.54. The molecule has 1 heterocycles. The second-order valence-electron chi connectivity index (χ2n) is 4.65. The van der Waals surface area contributed by atoms with E-state index in [-0.39, 0.29) is 23.0 Å². The van der Waals surface area contributed by atoms with E-state index < -0.39 is 9.84 Å². The number of benzene rings is 2. The minimum absolute atomic E-state index is 0.0560. The molecular formula is C15H12O5S. The SMILES string of the molecule is O=S1(=O)C=C(COc2cccc(O)c2)c2ccc(O)cc21. The summed E-state index contributed by atoms with van der Waals surface area (Å²) in [5.74, 6) is 0.423. The Morgan fingerprint density at radius 2 is 1.76 bits per heavy atom. The zero-order chi connectivity index (χ0) is 15.0. The van der Waals surface area contributed by atoms with Crippen molar-refractivity contribution in [3.63, 3.8) is 0 Å². The van der Waals surface area contributed by atoms with Crippen LogP contribution in [0.3, 0.4) is 0 Å². The second-order valence-corrected chi connectivity index (χ2v) is 6.42. The maximum Gasteiger partial charge on any atom is 0.200 e. The molecule has 0 saturated carbocycles. The Morgan fingerprint density at radius 3 is 2.52 bits per heavy atom. The van der Waals surface area contributed by atoms with Gasteiger partial charge in [-0.15, -0.1) is 0 Å². The fourth-order valence-electron chi connectivity index (χ4n) is 2.17. The summed E-state index contributed by atoms with van der Waals surface area (Å²) in [5, 5.41) is 19.9. The predicted molar refractivity (Wildman–Crippen MR) is 76.9 cm³/mol. The van der Waals surface area contributed by atoms with Gasteiger partial charge in [-0.1, -0.05) is 6.07 Å². The quantitative estimate of drug-likeness (QED) is 0.909. The molecule has 0 bridgehead atoms. The van der Waals surface area contributed by atoms with Crippen LogP contribution >= 0.6 is 0 Å². The van der Waals surface area contributed by atoms with Gasteiger partial charge in [-0.05, 0) is 30.3 Å². The maximum absolute atomic E-state index is 12.0. The van der Waals surface area contributed by atoms with Crippen molar-refractivity contribution in [2.75, 3.05) is 6.61 Å². The van der Waals surface area contributed by atoms with Crippen LogP contribution < -0.4 is 4.74 Å². The van der Waals surface area contributed by atoms with Crippen LogP contribution in [0.5, 0.6) is 17.2 Å². The monoisotopic (exact) mass is 304 g/mol. The molecule has 0 radical (unpaired) electrons. The van der Waals surface area contributed by atoms with E-state index in [1.54, 1.807) is 18.2 Å². The van der Waals surface area contributed by atoms with Crippen LogP contribution in [0.1, 0.15) is 5.56 Å². The summed E-state index contributed by atoms with van der Waals surface area (Å²) < 4.78 is 29.5. The van der Waals surface area contributed by atoms with Crippen molar-refractivity contribution in [3.05, 3.63) is 53.4 Å². The largest absolute Gasteiger partial charge is 0.508 e. The average molecular weight is 304 g/mol. The van der Waals surface area contributed by atoms with Crippen LogP contribution in [0, 0.1) is 0 Å². The fraction of sp³-hybridized carbons (Fsp3) is 0.0667. The first-order valence-corrected chi connectivity index (χ1v) is 7.71. The third-order valence-electron chi connectivity index (χ3n) is 3.13. The fourth-order valence-corrected chi connectivity index (χ4v) is 3.66. The first-order chi connectivity index (χ1) is 9.95. The molecular weight excluding hydrogens is 292 g/mol. The molecule has 1 aliphatic rings. The maximum atomic E-state index is 12.0. The smallest absolute Gasteiger partial charge is 0.200 e. The zero-order valence-electron chi connectivity index (χ0n) is 10.9. The van der Waals surface area contributed by atoms with E-state index >= 15 is 0 Å². The van der Waals surface area contributed by atoms with Crippen molar-refractivity contribution < 1.29 is 23.4 Å². The predicted octanol–water partition coefficient (Wildman–Crippen LogP) is 2.30. The van der Waals surface area contributed by atoms with E-state index in [4.69, 9.17) is 4.74 Å². The highest BCUT2D eigenvalue weighted by Gasteiger charge is 2.27. The molecule has 3 rings (SSSR count). The number of hydrogen-bond acceptors (Lipinski definition) is 5. The van der Waals surface area contributed by atoms with Gasteiger partial charge in [0.1, 0.15) is 23.9 Å². The molecule has 1 aliphatic heterocycles. The molecule has 0 spiro atoms. The van der Waals surface area contributed by atoms with E-state index in [0.29, 0.717) is 16.9 Å². The van der Waals surface area contributed by atoms with Gasteiger partial charge in [0.25, 0.3) is 0 Å². The second kappa shape index (κ2) is 4.82. The summed E-state index contributed by atoms with van der Waals surface area (Å²) in [6.45, 7) is 0.0560. The molecule has 21 heavy (non-hydrogen) atoms. The molecule has 0 aliphatic carbocycles. The van der Waals surface area contributed by atoms with Crippen LogP contribution in [-0.4, -0.2) is 25.2 Å². The lowest BCUT2D eigenvalue weighted by Gasteiger charge is -2.08. The van der Waals surface area contributed by atoms with Gasteiger partial charge in [-0.2, -0.15) is 0 Å². The van der Waals surface area contributed by atoms with Crippen LogP contribution in [0.15, 0.2) is 52.8 Å². The van der Waals surface area contributed by atoms with Gasteiger partial charge in [0, 0.05) is 22.6 Å².